The summed E-state index contributed by atoms with van der Waals surface area (Å²) in [5.74, 6) is 1.39. The van der Waals surface area contributed by atoms with Crippen LogP contribution < -0.4 is 5.32 Å². The van der Waals surface area contributed by atoms with Gasteiger partial charge in [0.2, 0.25) is 0 Å². The highest BCUT2D eigenvalue weighted by molar-refractivity contribution is 6.24. The van der Waals surface area contributed by atoms with E-state index in [1.165, 1.54) is 21.5 Å². The molecule has 1 aliphatic rings. The molecular weight excluding hydrogens is 819 g/mol. The Morgan fingerprint density at radius 1 is 0.403 bits per heavy atom. The number of para-hydroxylation sites is 5. The highest BCUT2D eigenvalue weighted by Crippen LogP contribution is 2.42. The van der Waals surface area contributed by atoms with E-state index in [0.29, 0.717) is 5.84 Å². The summed E-state index contributed by atoms with van der Waals surface area (Å²) >= 11 is 0. The van der Waals surface area contributed by atoms with Gasteiger partial charge in [-0.1, -0.05) is 158 Å². The zero-order chi connectivity index (χ0) is 44.0. The molecule has 67 heavy (non-hydrogen) atoms. The normalized spacial score (nSPS) is 14.1. The first-order valence-corrected chi connectivity index (χ1v) is 22.8. The second kappa shape index (κ2) is 14.8. The first-order chi connectivity index (χ1) is 33.2. The standard InChI is InChI=1S/C61H39N5O/c1-3-17-38(18-4-1)59-62-60(64-61(63-59)49-28-16-31-54-57(49)48-25-10-13-30-53(48)65(54)41-21-5-2-6-22-41)47-34-33-42(37-50(47)46-27-15-26-45-44-24-11-14-32-56(44)67-58(45)46)66-52-29-12-9-23-43(52)51-35-39-19-7-8-20-40(39)36-55(51)66/h1-37,59H,(H,62,63,64). The maximum Gasteiger partial charge on any atom is 0.160 e. The van der Waals surface area contributed by atoms with Gasteiger partial charge in [-0.25, -0.2) is 9.98 Å². The minimum atomic E-state index is -0.415. The third kappa shape index (κ3) is 5.83. The summed E-state index contributed by atoms with van der Waals surface area (Å²) in [4.78, 5) is 11.1. The Labute approximate surface area is 385 Å². The van der Waals surface area contributed by atoms with Gasteiger partial charge in [0.05, 0.1) is 22.1 Å². The predicted molar refractivity (Wildman–Crippen MR) is 277 cm³/mol. The molecule has 314 valence electrons. The minimum Gasteiger partial charge on any atom is -0.455 e. The van der Waals surface area contributed by atoms with Gasteiger partial charge in [-0.2, -0.15) is 0 Å². The lowest BCUT2D eigenvalue weighted by Gasteiger charge is -2.25. The van der Waals surface area contributed by atoms with Crippen molar-refractivity contribution in [2.75, 3.05) is 0 Å². The van der Waals surface area contributed by atoms with Crippen molar-refractivity contribution in [1.82, 2.24) is 14.5 Å². The third-order valence-corrected chi connectivity index (χ3v) is 13.6. The SMILES string of the molecule is c1ccc(C2N=C(c3ccc(-n4c5ccccc5c5cc6ccccc6cc54)cc3-c3cccc4c3oc3ccccc34)N=C(c3cccc4c3c3ccccc3n4-c3ccccc3)N2)cc1. The molecule has 1 unspecified atom stereocenters. The van der Waals surface area contributed by atoms with Gasteiger partial charge in [0.25, 0.3) is 0 Å². The molecule has 0 bridgehead atoms. The Kier molecular flexibility index (Phi) is 8.24. The fourth-order valence-electron chi connectivity index (χ4n) is 10.6. The summed E-state index contributed by atoms with van der Waals surface area (Å²) in [6.45, 7) is 0. The molecule has 1 atom stereocenters. The van der Waals surface area contributed by atoms with E-state index in [2.05, 4.69) is 221 Å². The predicted octanol–water partition coefficient (Wildman–Crippen LogP) is 15.1. The molecular formula is C61H39N5O. The summed E-state index contributed by atoms with van der Waals surface area (Å²) in [7, 11) is 0. The van der Waals surface area contributed by atoms with Gasteiger partial charge in [0, 0.05) is 60.4 Å². The van der Waals surface area contributed by atoms with Crippen LogP contribution in [-0.4, -0.2) is 20.8 Å². The minimum absolute atomic E-state index is 0.415. The van der Waals surface area contributed by atoms with Crippen molar-refractivity contribution in [1.29, 1.82) is 0 Å². The number of aliphatic imine (C=N–C) groups is 2. The van der Waals surface area contributed by atoms with Crippen molar-refractivity contribution < 1.29 is 4.42 Å². The Hall–Kier alpha value is -9.00. The Bertz CT molecular complexity index is 4190. The van der Waals surface area contributed by atoms with Crippen LogP contribution in [0.4, 0.5) is 0 Å². The maximum absolute atomic E-state index is 6.81. The first kappa shape index (κ1) is 37.4. The van der Waals surface area contributed by atoms with E-state index in [1.54, 1.807) is 0 Å². The highest BCUT2D eigenvalue weighted by atomic mass is 16.3. The second-order valence-corrected chi connectivity index (χ2v) is 17.3. The summed E-state index contributed by atoms with van der Waals surface area (Å²) in [5.41, 5.74) is 13.2. The van der Waals surface area contributed by atoms with Crippen LogP contribution in [-0.2, 0) is 0 Å². The monoisotopic (exact) mass is 857 g/mol. The lowest BCUT2D eigenvalue weighted by molar-refractivity contribution is 0.670. The second-order valence-electron chi connectivity index (χ2n) is 17.3. The van der Waals surface area contributed by atoms with Crippen LogP contribution in [0.25, 0.3) is 98.8 Å². The maximum atomic E-state index is 6.81. The zero-order valence-corrected chi connectivity index (χ0v) is 36.1. The van der Waals surface area contributed by atoms with E-state index in [9.17, 15) is 0 Å². The van der Waals surface area contributed by atoms with E-state index >= 15 is 0 Å². The third-order valence-electron chi connectivity index (χ3n) is 13.6. The van der Waals surface area contributed by atoms with Crippen molar-refractivity contribution in [3.8, 4) is 22.5 Å². The number of rotatable bonds is 6. The molecule has 4 heterocycles. The number of hydrogen-bond donors (Lipinski definition) is 1. The van der Waals surface area contributed by atoms with E-state index in [1.807, 2.05) is 18.2 Å². The van der Waals surface area contributed by atoms with Gasteiger partial charge in [-0.15, -0.1) is 0 Å². The Balaban J connectivity index is 1.04. The topological polar surface area (TPSA) is 59.8 Å². The van der Waals surface area contributed by atoms with Gasteiger partial charge in [0.15, 0.2) is 5.84 Å². The van der Waals surface area contributed by atoms with E-state index in [4.69, 9.17) is 14.4 Å². The molecule has 14 rings (SSSR count). The van der Waals surface area contributed by atoms with Gasteiger partial charge in [-0.3, -0.25) is 0 Å². The van der Waals surface area contributed by atoms with Gasteiger partial charge in [0.1, 0.15) is 23.2 Å². The molecule has 0 radical (unpaired) electrons. The molecule has 6 nitrogen and oxygen atoms in total. The Morgan fingerprint density at radius 3 is 1.87 bits per heavy atom. The molecule has 3 aromatic heterocycles. The van der Waals surface area contributed by atoms with Gasteiger partial charge < -0.3 is 18.9 Å². The number of nitrogens with zero attached hydrogens (tertiary/aromatic N) is 4. The van der Waals surface area contributed by atoms with Gasteiger partial charge in [-0.05, 0) is 88.6 Å². The van der Waals surface area contributed by atoms with Crippen LogP contribution in [0.2, 0.25) is 0 Å². The van der Waals surface area contributed by atoms with Crippen LogP contribution in [0.3, 0.4) is 0 Å². The molecule has 6 heteroatoms. The highest BCUT2D eigenvalue weighted by Gasteiger charge is 2.27. The molecule has 1 aliphatic heterocycles. The number of furan rings is 1. The van der Waals surface area contributed by atoms with Crippen molar-refractivity contribution >= 4 is 88.0 Å². The van der Waals surface area contributed by atoms with E-state index < -0.39 is 6.17 Å². The van der Waals surface area contributed by atoms with Crippen LogP contribution in [0.5, 0.6) is 0 Å². The average molecular weight is 858 g/mol. The largest absolute Gasteiger partial charge is 0.455 e. The van der Waals surface area contributed by atoms with Crippen molar-refractivity contribution in [3.63, 3.8) is 0 Å². The molecule has 0 spiro atoms. The van der Waals surface area contributed by atoms with Crippen LogP contribution in [0, 0.1) is 0 Å². The fourth-order valence-corrected chi connectivity index (χ4v) is 10.6. The number of aromatic nitrogens is 2. The molecule has 13 aromatic rings. The fraction of sp³-hybridized carbons (Fsp3) is 0.0164. The summed E-state index contributed by atoms with van der Waals surface area (Å²) in [6.07, 6.45) is -0.415. The number of nitrogens with one attached hydrogen (secondary N) is 1. The molecule has 0 amide bonds. The molecule has 0 fully saturated rings. The number of amidine groups is 2. The van der Waals surface area contributed by atoms with Crippen molar-refractivity contribution in [3.05, 3.63) is 241 Å². The van der Waals surface area contributed by atoms with Crippen LogP contribution in [0.15, 0.2) is 239 Å². The van der Waals surface area contributed by atoms with E-state index in [0.717, 1.165) is 99.8 Å². The quantitative estimate of drug-likeness (QED) is 0.181. The summed E-state index contributed by atoms with van der Waals surface area (Å²) in [5, 5.41) is 13.1. The van der Waals surface area contributed by atoms with Crippen molar-refractivity contribution in [2.45, 2.75) is 6.17 Å². The van der Waals surface area contributed by atoms with E-state index in [-0.39, 0.29) is 0 Å². The van der Waals surface area contributed by atoms with Crippen LogP contribution >= 0.6 is 0 Å². The lowest BCUT2D eigenvalue weighted by atomic mass is 9.95. The summed E-state index contributed by atoms with van der Waals surface area (Å²) < 4.78 is 11.6. The Morgan fingerprint density at radius 2 is 1.03 bits per heavy atom. The number of fused-ring (bicyclic) bond motifs is 10. The smallest absolute Gasteiger partial charge is 0.160 e. The molecule has 0 saturated carbocycles. The lowest BCUT2D eigenvalue weighted by Crippen LogP contribution is -2.33. The van der Waals surface area contributed by atoms with Crippen molar-refractivity contribution in [2.24, 2.45) is 9.98 Å². The zero-order valence-electron chi connectivity index (χ0n) is 36.1. The van der Waals surface area contributed by atoms with Gasteiger partial charge >= 0.3 is 0 Å². The molecule has 0 aliphatic carbocycles. The first-order valence-electron chi connectivity index (χ1n) is 22.8. The number of hydrogen-bond acceptors (Lipinski definition) is 4. The summed E-state index contributed by atoms with van der Waals surface area (Å²) in [6, 6.07) is 79.7. The molecule has 0 saturated heterocycles. The molecule has 1 N–H and O–H groups in total. The van der Waals surface area contributed by atoms with Crippen LogP contribution in [0.1, 0.15) is 22.9 Å². The number of benzene rings is 10. The molecule has 10 aromatic carbocycles. The average Bonchev–Trinajstić information content (AvgIpc) is 4.06.